The fourth-order valence-electron chi connectivity index (χ4n) is 2.25. The molecule has 0 saturated heterocycles. The molecular weight excluding hydrogens is 349 g/mol. The van der Waals surface area contributed by atoms with Crippen molar-refractivity contribution in [3.8, 4) is 0 Å². The van der Waals surface area contributed by atoms with Gasteiger partial charge in [-0.1, -0.05) is 44.2 Å². The molecule has 0 radical (unpaired) electrons. The average Bonchev–Trinajstić information content (AvgIpc) is 2.73. The molecule has 106 valence electrons. The highest BCUT2D eigenvalue weighted by atomic mass is 127. The molecule has 3 nitrogen and oxygen atoms in total. The highest BCUT2D eigenvalue weighted by Gasteiger charge is 2.21. The minimum atomic E-state index is 0. The van der Waals surface area contributed by atoms with E-state index in [-0.39, 0.29) is 29.4 Å². The summed E-state index contributed by atoms with van der Waals surface area (Å²) in [6.45, 7) is 7.48. The molecule has 1 aliphatic rings. The van der Waals surface area contributed by atoms with Crippen LogP contribution in [0.25, 0.3) is 0 Å². The van der Waals surface area contributed by atoms with Crippen molar-refractivity contribution in [3.63, 3.8) is 0 Å². The maximum absolute atomic E-state index is 4.46. The smallest absolute Gasteiger partial charge is 0.193 e. The molecule has 0 fully saturated rings. The first-order valence-corrected chi connectivity index (χ1v) is 6.60. The molecule has 0 aliphatic carbocycles. The predicted octanol–water partition coefficient (Wildman–Crippen LogP) is 2.76. The van der Waals surface area contributed by atoms with Crippen molar-refractivity contribution < 1.29 is 0 Å². The van der Waals surface area contributed by atoms with E-state index in [0.717, 1.165) is 32.0 Å². The summed E-state index contributed by atoms with van der Waals surface area (Å²) in [5, 5.41) is 3.47. The maximum atomic E-state index is 4.46. The molecule has 0 atom stereocenters. The Morgan fingerprint density at radius 1 is 1.26 bits per heavy atom. The second kappa shape index (κ2) is 7.12. The van der Waals surface area contributed by atoms with Crippen LogP contribution >= 0.6 is 24.0 Å². The molecule has 1 aliphatic heterocycles. The standard InChI is InChI=1S/C15H23N3.HI/c1-15(2,11-13-7-5-4-6-8-13)12-17-14-16-9-10-18(14)3;/h4-8H,9-12H2,1-3H3,(H,16,17);1H. The summed E-state index contributed by atoms with van der Waals surface area (Å²) in [7, 11) is 2.09. The van der Waals surface area contributed by atoms with Crippen molar-refractivity contribution >= 4 is 29.9 Å². The Morgan fingerprint density at radius 2 is 1.95 bits per heavy atom. The number of guanidine groups is 1. The Hall–Kier alpha value is -0.780. The first kappa shape index (κ1) is 16.3. The van der Waals surface area contributed by atoms with Gasteiger partial charge >= 0.3 is 0 Å². The van der Waals surface area contributed by atoms with Gasteiger partial charge in [0.25, 0.3) is 0 Å². The molecule has 1 aromatic carbocycles. The van der Waals surface area contributed by atoms with Crippen LogP contribution in [-0.2, 0) is 6.42 Å². The lowest BCUT2D eigenvalue weighted by atomic mass is 9.86. The SMILES string of the molecule is CN1CCN=C1NCC(C)(C)Cc1ccccc1.I. The lowest BCUT2D eigenvalue weighted by Gasteiger charge is -2.27. The molecular formula is C15H24IN3. The molecule has 0 amide bonds. The highest BCUT2D eigenvalue weighted by molar-refractivity contribution is 14.0. The minimum Gasteiger partial charge on any atom is -0.356 e. The Bertz CT molecular complexity index is 415. The topological polar surface area (TPSA) is 27.6 Å². The van der Waals surface area contributed by atoms with Gasteiger partial charge in [-0.3, -0.25) is 4.99 Å². The first-order valence-electron chi connectivity index (χ1n) is 6.60. The number of aliphatic imine (C=N–C) groups is 1. The van der Waals surface area contributed by atoms with Gasteiger partial charge in [-0.05, 0) is 17.4 Å². The third-order valence-corrected chi connectivity index (χ3v) is 3.31. The number of benzene rings is 1. The van der Waals surface area contributed by atoms with Gasteiger partial charge < -0.3 is 10.2 Å². The van der Waals surface area contributed by atoms with E-state index < -0.39 is 0 Å². The molecule has 0 spiro atoms. The summed E-state index contributed by atoms with van der Waals surface area (Å²) in [5.41, 5.74) is 1.62. The number of hydrogen-bond acceptors (Lipinski definition) is 3. The third-order valence-electron chi connectivity index (χ3n) is 3.31. The van der Waals surface area contributed by atoms with Crippen molar-refractivity contribution in [2.24, 2.45) is 10.4 Å². The van der Waals surface area contributed by atoms with Crippen LogP contribution in [0.3, 0.4) is 0 Å². The van der Waals surface area contributed by atoms with Crippen LogP contribution in [0.2, 0.25) is 0 Å². The number of likely N-dealkylation sites (N-methyl/N-ethyl adjacent to an activating group) is 1. The van der Waals surface area contributed by atoms with Gasteiger partial charge in [0, 0.05) is 20.1 Å². The van der Waals surface area contributed by atoms with E-state index >= 15 is 0 Å². The van der Waals surface area contributed by atoms with Gasteiger partial charge in [0.15, 0.2) is 5.96 Å². The molecule has 0 bridgehead atoms. The summed E-state index contributed by atoms with van der Waals surface area (Å²) >= 11 is 0. The minimum absolute atomic E-state index is 0. The van der Waals surface area contributed by atoms with E-state index in [9.17, 15) is 0 Å². The van der Waals surface area contributed by atoms with Crippen LogP contribution in [0.5, 0.6) is 0 Å². The summed E-state index contributed by atoms with van der Waals surface area (Å²) in [5.74, 6) is 1.04. The van der Waals surface area contributed by atoms with Crippen LogP contribution < -0.4 is 5.32 Å². The number of nitrogens with zero attached hydrogens (tertiary/aromatic N) is 2. The summed E-state index contributed by atoms with van der Waals surface area (Å²) < 4.78 is 0. The van der Waals surface area contributed by atoms with Crippen molar-refractivity contribution in [1.82, 2.24) is 10.2 Å². The first-order chi connectivity index (χ1) is 8.57. The Balaban J connectivity index is 0.00000180. The fraction of sp³-hybridized carbons (Fsp3) is 0.533. The third kappa shape index (κ3) is 5.01. The van der Waals surface area contributed by atoms with Gasteiger partial charge in [0.05, 0.1) is 6.54 Å². The molecule has 1 aromatic rings. The zero-order valence-electron chi connectivity index (χ0n) is 12.0. The second-order valence-corrected chi connectivity index (χ2v) is 5.81. The van der Waals surface area contributed by atoms with Crippen LogP contribution in [0.1, 0.15) is 19.4 Å². The maximum Gasteiger partial charge on any atom is 0.193 e. The summed E-state index contributed by atoms with van der Waals surface area (Å²) in [6, 6.07) is 10.7. The van der Waals surface area contributed by atoms with E-state index in [1.54, 1.807) is 0 Å². The molecule has 4 heteroatoms. The zero-order chi connectivity index (χ0) is 13.0. The van der Waals surface area contributed by atoms with Crippen LogP contribution in [-0.4, -0.2) is 37.5 Å². The van der Waals surface area contributed by atoms with Gasteiger partial charge in [0.1, 0.15) is 0 Å². The highest BCUT2D eigenvalue weighted by Crippen LogP contribution is 2.20. The molecule has 0 unspecified atom stereocenters. The Kier molecular flexibility index (Phi) is 6.10. The second-order valence-electron chi connectivity index (χ2n) is 5.81. The molecule has 1 heterocycles. The molecule has 0 aromatic heterocycles. The summed E-state index contributed by atoms with van der Waals surface area (Å²) in [6.07, 6.45) is 1.08. The zero-order valence-corrected chi connectivity index (χ0v) is 14.3. The average molecular weight is 373 g/mol. The van der Waals surface area contributed by atoms with Crippen molar-refractivity contribution in [1.29, 1.82) is 0 Å². The lowest BCUT2D eigenvalue weighted by Crippen LogP contribution is -2.41. The van der Waals surface area contributed by atoms with E-state index in [2.05, 4.69) is 66.4 Å². The van der Waals surface area contributed by atoms with Crippen molar-refractivity contribution in [2.75, 3.05) is 26.7 Å². The van der Waals surface area contributed by atoms with E-state index in [1.165, 1.54) is 5.56 Å². The Morgan fingerprint density at radius 3 is 2.53 bits per heavy atom. The molecule has 2 rings (SSSR count). The van der Waals surface area contributed by atoms with Gasteiger partial charge in [-0.15, -0.1) is 24.0 Å². The number of hydrogen-bond donors (Lipinski definition) is 1. The largest absolute Gasteiger partial charge is 0.356 e. The number of halogens is 1. The number of rotatable bonds is 4. The van der Waals surface area contributed by atoms with Gasteiger partial charge in [0.2, 0.25) is 0 Å². The quantitative estimate of drug-likeness (QED) is 0.822. The summed E-state index contributed by atoms with van der Waals surface area (Å²) in [4.78, 5) is 6.64. The van der Waals surface area contributed by atoms with E-state index in [1.807, 2.05) is 0 Å². The monoisotopic (exact) mass is 373 g/mol. The van der Waals surface area contributed by atoms with Crippen molar-refractivity contribution in [2.45, 2.75) is 20.3 Å². The van der Waals surface area contributed by atoms with E-state index in [4.69, 9.17) is 0 Å². The normalized spacial score (nSPS) is 14.9. The molecule has 1 N–H and O–H groups in total. The van der Waals surface area contributed by atoms with E-state index in [0.29, 0.717) is 0 Å². The lowest BCUT2D eigenvalue weighted by molar-refractivity contribution is 0.354. The molecule has 0 saturated carbocycles. The van der Waals surface area contributed by atoms with Crippen LogP contribution in [0.4, 0.5) is 0 Å². The number of nitrogens with one attached hydrogen (secondary N) is 1. The van der Waals surface area contributed by atoms with Crippen molar-refractivity contribution in [3.05, 3.63) is 35.9 Å². The molecule has 19 heavy (non-hydrogen) atoms. The van der Waals surface area contributed by atoms with Crippen LogP contribution in [0.15, 0.2) is 35.3 Å². The Labute approximate surface area is 133 Å². The van der Waals surface area contributed by atoms with Gasteiger partial charge in [-0.25, -0.2) is 0 Å². The van der Waals surface area contributed by atoms with Crippen LogP contribution in [0, 0.1) is 5.41 Å². The predicted molar refractivity (Wildman–Crippen MR) is 92.3 cm³/mol. The van der Waals surface area contributed by atoms with Gasteiger partial charge in [-0.2, -0.15) is 0 Å². The fourth-order valence-corrected chi connectivity index (χ4v) is 2.25.